The molecule has 1 unspecified atom stereocenters. The summed E-state index contributed by atoms with van der Waals surface area (Å²) in [7, 11) is 0. The zero-order valence-corrected chi connectivity index (χ0v) is 10.4. The van der Waals surface area contributed by atoms with Gasteiger partial charge in [0.2, 0.25) is 5.91 Å². The molecule has 4 heteroatoms. The lowest BCUT2D eigenvalue weighted by molar-refractivity contribution is -0.119. The maximum Gasteiger partial charge on any atom is 0.217 e. The molecular weight excluding hydrogens is 214 g/mol. The van der Waals surface area contributed by atoms with Gasteiger partial charge in [-0.15, -0.1) is 0 Å². The molecule has 0 aromatic heterocycles. The van der Waals surface area contributed by atoms with Gasteiger partial charge in [0, 0.05) is 26.1 Å². The monoisotopic (exact) mass is 233 g/mol. The van der Waals surface area contributed by atoms with Gasteiger partial charge < -0.3 is 16.0 Å². The predicted molar refractivity (Wildman–Crippen MR) is 70.0 cm³/mol. The van der Waals surface area contributed by atoms with Crippen LogP contribution >= 0.6 is 0 Å². The molecular formula is C13H19N3O. The number of anilines is 2. The second-order valence-electron chi connectivity index (χ2n) is 4.69. The quantitative estimate of drug-likeness (QED) is 0.757. The van der Waals surface area contributed by atoms with Gasteiger partial charge in [-0.1, -0.05) is 6.07 Å². The van der Waals surface area contributed by atoms with Crippen LogP contribution in [0.25, 0.3) is 0 Å². The van der Waals surface area contributed by atoms with E-state index < -0.39 is 0 Å². The fourth-order valence-corrected chi connectivity index (χ4v) is 2.31. The average Bonchev–Trinajstić information content (AvgIpc) is 2.69. The normalized spacial score (nSPS) is 19.4. The van der Waals surface area contributed by atoms with Crippen LogP contribution in [0.1, 0.15) is 18.9 Å². The minimum absolute atomic E-state index is 0.0362. The molecule has 2 rings (SSSR count). The average molecular weight is 233 g/mol. The van der Waals surface area contributed by atoms with Gasteiger partial charge in [0.25, 0.3) is 0 Å². The number of carbonyl (C=O) groups excluding carboxylic acids is 1. The van der Waals surface area contributed by atoms with Crippen molar-refractivity contribution in [2.45, 2.75) is 26.3 Å². The molecule has 0 saturated carbocycles. The van der Waals surface area contributed by atoms with Crippen LogP contribution in [-0.4, -0.2) is 25.0 Å². The standard InChI is InChI=1S/C13H19N3O/c1-9-3-4-12(14)13(7-9)16-6-5-11(8-16)15-10(2)17/h3-4,7,11H,5-6,8,14H2,1-2H3,(H,15,17). The summed E-state index contributed by atoms with van der Waals surface area (Å²) in [6.07, 6.45) is 0.979. The van der Waals surface area contributed by atoms with Crippen molar-refractivity contribution in [3.63, 3.8) is 0 Å². The highest BCUT2D eigenvalue weighted by Gasteiger charge is 2.24. The summed E-state index contributed by atoms with van der Waals surface area (Å²) in [4.78, 5) is 13.2. The van der Waals surface area contributed by atoms with E-state index >= 15 is 0 Å². The molecule has 1 atom stereocenters. The topological polar surface area (TPSA) is 58.4 Å². The third-order valence-electron chi connectivity index (χ3n) is 3.12. The van der Waals surface area contributed by atoms with Gasteiger partial charge in [0.1, 0.15) is 0 Å². The number of nitrogens with two attached hydrogens (primary N) is 1. The van der Waals surface area contributed by atoms with Crippen LogP contribution in [0.5, 0.6) is 0 Å². The molecule has 1 aromatic carbocycles. The Bertz CT molecular complexity index is 431. The van der Waals surface area contributed by atoms with Crippen LogP contribution in [0.2, 0.25) is 0 Å². The molecule has 1 aromatic rings. The van der Waals surface area contributed by atoms with Gasteiger partial charge in [-0.3, -0.25) is 4.79 Å². The van der Waals surface area contributed by atoms with E-state index in [4.69, 9.17) is 5.73 Å². The number of amides is 1. The Kier molecular flexibility index (Phi) is 3.22. The summed E-state index contributed by atoms with van der Waals surface area (Å²) in [6, 6.07) is 6.30. The van der Waals surface area contributed by atoms with Crippen LogP contribution in [0.15, 0.2) is 18.2 Å². The smallest absolute Gasteiger partial charge is 0.217 e. The number of nitrogens with one attached hydrogen (secondary N) is 1. The van der Waals surface area contributed by atoms with E-state index in [0.29, 0.717) is 0 Å². The summed E-state index contributed by atoms with van der Waals surface area (Å²) in [6.45, 7) is 5.40. The first-order valence-electron chi connectivity index (χ1n) is 5.94. The Balaban J connectivity index is 2.09. The zero-order chi connectivity index (χ0) is 12.4. The fraction of sp³-hybridized carbons (Fsp3) is 0.462. The molecule has 4 nitrogen and oxygen atoms in total. The van der Waals surface area contributed by atoms with Gasteiger partial charge in [0.05, 0.1) is 11.4 Å². The Morgan fingerprint density at radius 1 is 1.53 bits per heavy atom. The van der Waals surface area contributed by atoms with Gasteiger partial charge >= 0.3 is 0 Å². The highest BCUT2D eigenvalue weighted by molar-refractivity contribution is 5.74. The molecule has 1 saturated heterocycles. The Morgan fingerprint density at radius 2 is 2.29 bits per heavy atom. The van der Waals surface area contributed by atoms with Crippen molar-refractivity contribution in [3.05, 3.63) is 23.8 Å². The number of carbonyl (C=O) groups is 1. The number of aryl methyl sites for hydroxylation is 1. The first-order chi connectivity index (χ1) is 8.06. The molecule has 1 aliphatic heterocycles. The Hall–Kier alpha value is -1.71. The van der Waals surface area contributed by atoms with Gasteiger partial charge in [-0.05, 0) is 31.0 Å². The van der Waals surface area contributed by atoms with E-state index in [-0.39, 0.29) is 11.9 Å². The van der Waals surface area contributed by atoms with Gasteiger partial charge in [-0.25, -0.2) is 0 Å². The largest absolute Gasteiger partial charge is 0.397 e. The van der Waals surface area contributed by atoms with Crippen molar-refractivity contribution >= 4 is 17.3 Å². The maximum absolute atomic E-state index is 11.0. The van der Waals surface area contributed by atoms with Crippen molar-refractivity contribution in [3.8, 4) is 0 Å². The second-order valence-corrected chi connectivity index (χ2v) is 4.69. The maximum atomic E-state index is 11.0. The highest BCUT2D eigenvalue weighted by Crippen LogP contribution is 2.27. The van der Waals surface area contributed by atoms with Crippen molar-refractivity contribution < 1.29 is 4.79 Å². The van der Waals surface area contributed by atoms with Crippen LogP contribution in [0, 0.1) is 6.92 Å². The number of nitrogens with zero attached hydrogens (tertiary/aromatic N) is 1. The van der Waals surface area contributed by atoms with Crippen LogP contribution < -0.4 is 16.0 Å². The molecule has 1 heterocycles. The predicted octanol–water partition coefficient (Wildman–Crippen LogP) is 1.29. The van der Waals surface area contributed by atoms with Crippen molar-refractivity contribution in [2.24, 2.45) is 0 Å². The Morgan fingerprint density at radius 3 is 3.00 bits per heavy atom. The molecule has 92 valence electrons. The minimum Gasteiger partial charge on any atom is -0.397 e. The second kappa shape index (κ2) is 4.65. The first-order valence-corrected chi connectivity index (χ1v) is 5.94. The lowest BCUT2D eigenvalue weighted by Crippen LogP contribution is -2.35. The Labute approximate surface area is 102 Å². The molecule has 0 aliphatic carbocycles. The third-order valence-corrected chi connectivity index (χ3v) is 3.12. The van der Waals surface area contributed by atoms with Crippen LogP contribution in [-0.2, 0) is 4.79 Å². The molecule has 17 heavy (non-hydrogen) atoms. The number of hydrogen-bond acceptors (Lipinski definition) is 3. The van der Waals surface area contributed by atoms with Gasteiger partial charge in [-0.2, -0.15) is 0 Å². The van der Waals surface area contributed by atoms with Crippen molar-refractivity contribution in [1.29, 1.82) is 0 Å². The lowest BCUT2D eigenvalue weighted by atomic mass is 10.2. The molecule has 1 aliphatic rings. The van der Waals surface area contributed by atoms with Crippen LogP contribution in [0.4, 0.5) is 11.4 Å². The van der Waals surface area contributed by atoms with Crippen LogP contribution in [0.3, 0.4) is 0 Å². The number of rotatable bonds is 2. The fourth-order valence-electron chi connectivity index (χ4n) is 2.31. The first kappa shape index (κ1) is 11.8. The van der Waals surface area contributed by atoms with E-state index in [2.05, 4.69) is 23.2 Å². The summed E-state index contributed by atoms with van der Waals surface area (Å²) < 4.78 is 0. The minimum atomic E-state index is 0.0362. The molecule has 1 amide bonds. The van der Waals surface area contributed by atoms with E-state index in [1.165, 1.54) is 5.56 Å². The SMILES string of the molecule is CC(=O)NC1CCN(c2cc(C)ccc2N)C1. The molecule has 0 radical (unpaired) electrons. The highest BCUT2D eigenvalue weighted by atomic mass is 16.1. The summed E-state index contributed by atoms with van der Waals surface area (Å²) >= 11 is 0. The lowest BCUT2D eigenvalue weighted by Gasteiger charge is -2.21. The molecule has 0 spiro atoms. The summed E-state index contributed by atoms with van der Waals surface area (Å²) in [5.74, 6) is 0.0362. The van der Waals surface area contributed by atoms with Crippen molar-refractivity contribution in [2.75, 3.05) is 23.7 Å². The summed E-state index contributed by atoms with van der Waals surface area (Å²) in [5, 5.41) is 2.95. The van der Waals surface area contributed by atoms with Gasteiger partial charge in [0.15, 0.2) is 0 Å². The van der Waals surface area contributed by atoms with E-state index in [1.54, 1.807) is 6.92 Å². The van der Waals surface area contributed by atoms with E-state index in [1.807, 2.05) is 12.1 Å². The number of benzene rings is 1. The summed E-state index contributed by atoms with van der Waals surface area (Å²) in [5.41, 5.74) is 9.08. The zero-order valence-electron chi connectivity index (χ0n) is 10.4. The number of nitrogen functional groups attached to an aromatic ring is 1. The van der Waals surface area contributed by atoms with E-state index in [0.717, 1.165) is 30.9 Å². The molecule has 1 fully saturated rings. The number of hydrogen-bond donors (Lipinski definition) is 2. The van der Waals surface area contributed by atoms with Crippen molar-refractivity contribution in [1.82, 2.24) is 5.32 Å². The van der Waals surface area contributed by atoms with E-state index in [9.17, 15) is 4.79 Å². The third kappa shape index (κ3) is 2.70. The molecule has 3 N–H and O–H groups in total. The molecule has 0 bridgehead atoms.